The molecule has 0 spiro atoms. The zero-order valence-corrected chi connectivity index (χ0v) is 39.9. The number of amides is 3. The van der Waals surface area contributed by atoms with E-state index in [0.717, 1.165) is 7.11 Å². The number of rotatable bonds is 12. The van der Waals surface area contributed by atoms with Gasteiger partial charge in [-0.2, -0.15) is 15.3 Å². The number of methoxy groups -OCH3 is 3. The number of carbonyl (C=O) groups excluding carboxylic acids is 3. The molecule has 3 amide bonds. The van der Waals surface area contributed by atoms with Crippen molar-refractivity contribution in [2.75, 3.05) is 28.4 Å². The first kappa shape index (κ1) is 61.7. The summed E-state index contributed by atoms with van der Waals surface area (Å²) in [6.45, 7) is 0. The molecule has 6 aromatic rings. The van der Waals surface area contributed by atoms with Crippen molar-refractivity contribution in [3.05, 3.63) is 179 Å². The Morgan fingerprint density at radius 3 is 0.855 bits per heavy atom. The Kier molecular flexibility index (Phi) is 30.4. The molecule has 362 valence electrons. The Bertz CT molecular complexity index is 2270. The van der Waals surface area contributed by atoms with Gasteiger partial charge in [0.05, 0.1) is 40.0 Å². The first-order valence-corrected chi connectivity index (χ1v) is 20.1. The van der Waals surface area contributed by atoms with Crippen LogP contribution in [-0.4, -0.2) is 69.9 Å². The van der Waals surface area contributed by atoms with E-state index in [1.165, 1.54) is 40.0 Å². The number of halogens is 1. The quantitative estimate of drug-likeness (QED) is 0.0679. The van der Waals surface area contributed by atoms with Crippen molar-refractivity contribution >= 4 is 36.4 Å². The minimum Gasteiger partial charge on any atom is -0.870 e. The number of hydrogen-bond acceptors (Lipinski definition) is 17. The fourth-order valence-corrected chi connectivity index (χ4v) is 4.83. The summed E-state index contributed by atoms with van der Waals surface area (Å²) in [4.78, 5) is 35.1. The molecule has 6 aromatic carbocycles. The monoisotopic (exact) mass is 1050 g/mol. The van der Waals surface area contributed by atoms with E-state index >= 15 is 0 Å². The van der Waals surface area contributed by atoms with Crippen LogP contribution in [0.5, 0.6) is 34.5 Å². The Labute approximate surface area is 419 Å². The van der Waals surface area contributed by atoms with Gasteiger partial charge in [-0.15, -0.1) is 10.2 Å². The third kappa shape index (κ3) is 23.3. The average molecular weight is 1050 g/mol. The normalized spacial score (nSPS) is 10.0. The molecule has 0 heterocycles. The number of aliphatic hydroxyl groups is 1. The zero-order valence-electron chi connectivity index (χ0n) is 36.8. The molecule has 0 aliphatic carbocycles. The number of para-hydroxylation sites is 3. The fraction of sp³-hybridized carbons (Fsp3) is 0.0870. The molecule has 0 saturated carbocycles. The molecule has 0 aromatic heterocycles. The van der Waals surface area contributed by atoms with Crippen molar-refractivity contribution in [3.8, 4) is 34.5 Å². The van der Waals surface area contributed by atoms with Crippen LogP contribution in [0, 0.1) is 10.2 Å². The van der Waals surface area contributed by atoms with Crippen LogP contribution in [0.15, 0.2) is 161 Å². The van der Waals surface area contributed by atoms with Crippen molar-refractivity contribution in [3.63, 3.8) is 0 Å². The minimum atomic E-state index is -4.94. The number of ether oxygens (including phenoxy) is 3. The molecule has 0 saturated heterocycles. The topological polar surface area (TPSA) is 334 Å². The van der Waals surface area contributed by atoms with Crippen LogP contribution in [0.3, 0.4) is 0 Å². The second-order valence-electron chi connectivity index (χ2n) is 12.2. The molecular formula is C46H43ClMn2N6O14. The molecule has 0 aliphatic rings. The summed E-state index contributed by atoms with van der Waals surface area (Å²) in [6.07, 6.45) is 3.89. The van der Waals surface area contributed by atoms with Gasteiger partial charge >= 0.3 is 34.1 Å². The predicted octanol–water partition coefficient (Wildman–Crippen LogP) is -0.554. The molecule has 20 nitrogen and oxygen atoms in total. The van der Waals surface area contributed by atoms with Gasteiger partial charge in [0, 0.05) is 23.8 Å². The summed E-state index contributed by atoms with van der Waals surface area (Å²) < 4.78 is 48.7. The summed E-state index contributed by atoms with van der Waals surface area (Å²) >= 11 is 0. The first-order valence-electron chi connectivity index (χ1n) is 18.9. The van der Waals surface area contributed by atoms with Gasteiger partial charge < -0.3 is 34.6 Å². The van der Waals surface area contributed by atoms with E-state index in [1.807, 2.05) is 18.2 Å². The molecule has 4 N–H and O–H groups in total. The van der Waals surface area contributed by atoms with E-state index in [-0.39, 0.29) is 86.4 Å². The third-order valence-corrected chi connectivity index (χ3v) is 7.90. The van der Waals surface area contributed by atoms with Gasteiger partial charge in [0.2, 0.25) is 0 Å². The summed E-state index contributed by atoms with van der Waals surface area (Å²) in [5.41, 5.74) is 9.62. The van der Waals surface area contributed by atoms with Crippen molar-refractivity contribution in [1.29, 1.82) is 0 Å². The molecule has 0 bridgehead atoms. The van der Waals surface area contributed by atoms with Crippen molar-refractivity contribution in [1.82, 2.24) is 16.3 Å². The zero-order chi connectivity index (χ0) is 49.6. The molecule has 0 atom stereocenters. The third-order valence-electron chi connectivity index (χ3n) is 7.90. The van der Waals surface area contributed by atoms with E-state index in [0.29, 0.717) is 33.4 Å². The molecule has 6 rings (SSSR count). The molecule has 23 heteroatoms. The summed E-state index contributed by atoms with van der Waals surface area (Å²) in [5, 5.41) is 53.8. The standard InChI is InChI=1S/3C15H14N2O3.CH4O.ClHO4.2Mn/c3*1-20-13-9-5-8-12(14(13)18)10-16-17-15(19)11-6-3-2-4-7-11;1-2;2-1(3,4)5;;/h3*2-10,18H,1H3,(H,17,19);2H,1H3;(H,2,3,4,5);;/q;;;;;2*+2/p-4/b3*16-10+;;;;. The van der Waals surface area contributed by atoms with Crippen LogP contribution >= 0.6 is 0 Å². The van der Waals surface area contributed by atoms with Crippen LogP contribution in [0.2, 0.25) is 0 Å². The van der Waals surface area contributed by atoms with Gasteiger partial charge in [-0.25, -0.2) is 34.9 Å². The maximum atomic E-state index is 11.8. The molecule has 0 fully saturated rings. The second kappa shape index (κ2) is 34.0. The number of hydrazone groups is 3. The van der Waals surface area contributed by atoms with Crippen LogP contribution in [0.4, 0.5) is 0 Å². The maximum absolute atomic E-state index is 11.8. The SMILES string of the molecule is CO.COc1cccc(/C=N/NC(=O)c2ccccc2)c1[O-].COc1cccc(/C=N/NC(=O)c2ccccc2)c1[O-].COc1cccc(/C=N/NC(=O)c2ccccc2)c1[O-].[Mn+2].[Mn+2].[O-][Cl+3]([O-])([O-])[O-]. The Hall–Kier alpha value is -7.33. The molecular weight excluding hydrogens is 1010 g/mol. The van der Waals surface area contributed by atoms with Crippen LogP contribution in [0.25, 0.3) is 0 Å². The number of carbonyl (C=O) groups is 3. The molecule has 0 unspecified atom stereocenters. The number of benzene rings is 6. The van der Waals surface area contributed by atoms with E-state index in [9.17, 15) is 29.7 Å². The van der Waals surface area contributed by atoms with Crippen LogP contribution < -0.4 is 64.4 Å². The van der Waals surface area contributed by atoms with Crippen LogP contribution in [-0.2, 0) is 34.1 Å². The van der Waals surface area contributed by atoms with E-state index in [1.54, 1.807) is 127 Å². The summed E-state index contributed by atoms with van der Waals surface area (Å²) in [7, 11) is 0.332. The Balaban J connectivity index is 0.000000927. The van der Waals surface area contributed by atoms with Crippen molar-refractivity contribution < 1.29 is 112 Å². The van der Waals surface area contributed by atoms with E-state index < -0.39 is 10.2 Å². The predicted molar refractivity (Wildman–Crippen MR) is 230 cm³/mol. The van der Waals surface area contributed by atoms with Crippen molar-refractivity contribution in [2.45, 2.75) is 0 Å². The minimum absolute atomic E-state index is 0. The number of hydrogen-bond donors (Lipinski definition) is 4. The summed E-state index contributed by atoms with van der Waals surface area (Å²) in [5.74, 6) is -1.10. The smallest absolute Gasteiger partial charge is 0.870 e. The second-order valence-corrected chi connectivity index (χ2v) is 13.0. The van der Waals surface area contributed by atoms with Gasteiger partial charge in [-0.3, -0.25) is 14.4 Å². The van der Waals surface area contributed by atoms with Gasteiger partial charge in [-0.1, -0.05) is 108 Å². The van der Waals surface area contributed by atoms with Gasteiger partial charge in [-0.05, 0) is 71.3 Å². The molecule has 0 aliphatic heterocycles. The van der Waals surface area contributed by atoms with E-state index in [2.05, 4.69) is 31.6 Å². The van der Waals surface area contributed by atoms with Gasteiger partial charge in [0.15, 0.2) is 0 Å². The van der Waals surface area contributed by atoms with Crippen molar-refractivity contribution in [2.24, 2.45) is 15.3 Å². The van der Waals surface area contributed by atoms with Crippen LogP contribution in [0.1, 0.15) is 47.8 Å². The average Bonchev–Trinajstić information content (AvgIpc) is 3.34. The maximum Gasteiger partial charge on any atom is 2.00 e. The summed E-state index contributed by atoms with van der Waals surface area (Å²) in [6, 6.07) is 40.6. The van der Waals surface area contributed by atoms with E-state index in [4.69, 9.17) is 38.0 Å². The molecule has 2 radical (unpaired) electrons. The number of nitrogens with zero attached hydrogens (tertiary/aromatic N) is 3. The number of nitrogens with one attached hydrogen (secondary N) is 3. The number of aliphatic hydroxyl groups excluding tert-OH is 1. The van der Waals surface area contributed by atoms with Gasteiger partial charge in [0.25, 0.3) is 17.7 Å². The largest absolute Gasteiger partial charge is 2.00 e. The van der Waals surface area contributed by atoms with Gasteiger partial charge in [0.1, 0.15) is 17.2 Å². The molecule has 69 heavy (non-hydrogen) atoms. The fourth-order valence-electron chi connectivity index (χ4n) is 4.83. The first-order chi connectivity index (χ1) is 32.2. The Morgan fingerprint density at radius 2 is 0.652 bits per heavy atom. The Morgan fingerprint density at radius 1 is 0.435 bits per heavy atom.